The van der Waals surface area contributed by atoms with E-state index in [9.17, 15) is 19.7 Å². The smallest absolute Gasteiger partial charge is 0.404 e. The number of nitro groups is 1. The third-order valence-electron chi connectivity index (χ3n) is 9.30. The molecule has 2 bridgehead atoms. The maximum Gasteiger partial charge on any atom is 0.481 e. The van der Waals surface area contributed by atoms with Gasteiger partial charge in [-0.3, -0.25) is 9.59 Å². The summed E-state index contributed by atoms with van der Waals surface area (Å²) >= 11 is 1.22. The fourth-order valence-electron chi connectivity index (χ4n) is 6.95. The van der Waals surface area contributed by atoms with Crippen molar-refractivity contribution in [3.05, 3.63) is 28.6 Å². The molecule has 1 aromatic heterocycles. The Hall–Kier alpha value is -2.78. The molecule has 15 heteroatoms. The summed E-state index contributed by atoms with van der Waals surface area (Å²) in [6, 6.07) is 1.70. The van der Waals surface area contributed by atoms with Gasteiger partial charge in [0.25, 0.3) is 5.96 Å². The Kier molecular flexibility index (Phi) is 10.7. The number of carbonyl (C=O) groups excluding carboxylic acids is 2. The molecule has 1 aromatic rings. The number of guanidine groups is 1. The SMILES string of the molecule is CC(C)C[C@H](NC(=O)[C@H](CCCN=C(N)N[N+](=O)[O-])CC(=O)CSc1ncccn1)B1O[C@@H]2C[C@H]3C[C@H](C3(C)C)[C@]2(C)O1. The Morgan fingerprint density at radius 3 is 2.65 bits per heavy atom. The molecule has 3 aliphatic carbocycles. The number of thioether (sulfide) groups is 1. The van der Waals surface area contributed by atoms with Crippen LogP contribution in [0, 0.1) is 39.2 Å². The third kappa shape index (κ3) is 8.04. The molecule has 0 radical (unpaired) electrons. The second-order valence-electron chi connectivity index (χ2n) is 13.1. The van der Waals surface area contributed by atoms with Gasteiger partial charge >= 0.3 is 7.12 Å². The lowest BCUT2D eigenvalue weighted by atomic mass is 9.43. The van der Waals surface area contributed by atoms with E-state index in [1.807, 2.05) is 0 Å². The molecule has 1 aliphatic heterocycles. The lowest BCUT2D eigenvalue weighted by Crippen LogP contribution is -2.65. The molecule has 3 saturated carbocycles. The van der Waals surface area contributed by atoms with Gasteiger partial charge in [-0.2, -0.15) is 0 Å². The Morgan fingerprint density at radius 1 is 1.28 bits per heavy atom. The molecule has 0 spiro atoms. The minimum atomic E-state index is -0.787. The Labute approximate surface area is 257 Å². The van der Waals surface area contributed by atoms with Crippen LogP contribution in [0.1, 0.15) is 73.1 Å². The van der Waals surface area contributed by atoms with Crippen LogP contribution in [-0.4, -0.2) is 69.7 Å². The minimum absolute atomic E-state index is 0.00783. The van der Waals surface area contributed by atoms with Crippen LogP contribution in [0.3, 0.4) is 0 Å². The van der Waals surface area contributed by atoms with Gasteiger partial charge in [-0.15, -0.1) is 0 Å². The zero-order valence-corrected chi connectivity index (χ0v) is 26.5. The van der Waals surface area contributed by atoms with Crippen LogP contribution in [-0.2, 0) is 18.9 Å². The zero-order valence-electron chi connectivity index (χ0n) is 25.7. The first-order valence-electron chi connectivity index (χ1n) is 15.1. The van der Waals surface area contributed by atoms with Gasteiger partial charge < -0.3 is 20.4 Å². The molecule has 0 aromatic carbocycles. The van der Waals surface area contributed by atoms with Gasteiger partial charge in [0.1, 0.15) is 5.78 Å². The minimum Gasteiger partial charge on any atom is -0.404 e. The van der Waals surface area contributed by atoms with Crippen molar-refractivity contribution in [2.75, 3.05) is 12.3 Å². The van der Waals surface area contributed by atoms with Gasteiger partial charge in [-0.05, 0) is 68.3 Å². The van der Waals surface area contributed by atoms with Crippen LogP contribution in [0.25, 0.3) is 0 Å². The predicted molar refractivity (Wildman–Crippen MR) is 163 cm³/mol. The molecule has 1 saturated heterocycles. The monoisotopic (exact) mass is 617 g/mol. The van der Waals surface area contributed by atoms with Gasteiger partial charge in [-0.25, -0.2) is 25.1 Å². The van der Waals surface area contributed by atoms with Crippen molar-refractivity contribution < 1.29 is 23.9 Å². The number of amides is 1. The van der Waals surface area contributed by atoms with E-state index in [1.165, 1.54) is 11.8 Å². The zero-order chi connectivity index (χ0) is 31.4. The molecule has 6 atom stereocenters. The lowest BCUT2D eigenvalue weighted by Gasteiger charge is -2.64. The first-order valence-corrected chi connectivity index (χ1v) is 16.0. The van der Waals surface area contributed by atoms with Crippen molar-refractivity contribution in [2.24, 2.45) is 39.8 Å². The van der Waals surface area contributed by atoms with E-state index in [4.69, 9.17) is 15.0 Å². The van der Waals surface area contributed by atoms with E-state index in [2.05, 4.69) is 54.9 Å². The third-order valence-corrected chi connectivity index (χ3v) is 10.2. The lowest BCUT2D eigenvalue weighted by molar-refractivity contribution is -0.525. The van der Waals surface area contributed by atoms with Crippen molar-refractivity contribution in [3.63, 3.8) is 0 Å². The molecule has 5 rings (SSSR count). The molecular weight excluding hydrogens is 573 g/mol. The molecular formula is C28H44BN7O6S. The molecule has 4 N–H and O–H groups in total. The molecule has 236 valence electrons. The van der Waals surface area contributed by atoms with Gasteiger partial charge in [0, 0.05) is 31.3 Å². The van der Waals surface area contributed by atoms with E-state index >= 15 is 0 Å². The van der Waals surface area contributed by atoms with Crippen LogP contribution in [0.15, 0.2) is 28.6 Å². The van der Waals surface area contributed by atoms with Crippen molar-refractivity contribution >= 4 is 36.5 Å². The number of aliphatic imine (C=N–C) groups is 1. The topological polar surface area (TPSA) is 184 Å². The summed E-state index contributed by atoms with van der Waals surface area (Å²) in [6.07, 6.45) is 6.74. The number of ketones is 1. The van der Waals surface area contributed by atoms with Crippen LogP contribution in [0.5, 0.6) is 0 Å². The van der Waals surface area contributed by atoms with E-state index in [-0.39, 0.29) is 59.7 Å². The fraction of sp³-hybridized carbons (Fsp3) is 0.750. The summed E-state index contributed by atoms with van der Waals surface area (Å²) in [7, 11) is -0.573. The number of rotatable bonds is 15. The summed E-state index contributed by atoms with van der Waals surface area (Å²) in [5.74, 6) is -0.266. The van der Waals surface area contributed by atoms with Crippen molar-refractivity contribution in [1.82, 2.24) is 20.7 Å². The number of nitrogens with zero attached hydrogens (tertiary/aromatic N) is 4. The van der Waals surface area contributed by atoms with E-state index in [0.717, 1.165) is 12.8 Å². The Bertz CT molecular complexity index is 1190. The summed E-state index contributed by atoms with van der Waals surface area (Å²) in [5, 5.41) is 13.5. The first kappa shape index (κ1) is 33.1. The van der Waals surface area contributed by atoms with E-state index in [0.29, 0.717) is 36.3 Å². The highest BCUT2D eigenvalue weighted by atomic mass is 32.2. The van der Waals surface area contributed by atoms with Crippen LogP contribution in [0.2, 0.25) is 0 Å². The number of hydrogen-bond donors (Lipinski definition) is 3. The number of aromatic nitrogens is 2. The molecule has 4 aliphatic rings. The Balaban J connectivity index is 1.42. The molecule has 13 nitrogen and oxygen atoms in total. The number of nitrogens with two attached hydrogens (primary N) is 1. The fourth-order valence-corrected chi connectivity index (χ4v) is 7.63. The highest BCUT2D eigenvalue weighted by Gasteiger charge is 2.68. The maximum absolute atomic E-state index is 13.8. The second kappa shape index (κ2) is 13.9. The number of carbonyl (C=O) groups is 2. The molecule has 2 heterocycles. The molecule has 0 unspecified atom stereocenters. The second-order valence-corrected chi connectivity index (χ2v) is 14.1. The van der Waals surface area contributed by atoms with Crippen molar-refractivity contribution in [3.8, 4) is 0 Å². The van der Waals surface area contributed by atoms with E-state index in [1.54, 1.807) is 23.9 Å². The van der Waals surface area contributed by atoms with Crippen LogP contribution >= 0.6 is 11.8 Å². The van der Waals surface area contributed by atoms with Gasteiger partial charge in [-0.1, -0.05) is 44.9 Å². The summed E-state index contributed by atoms with van der Waals surface area (Å²) < 4.78 is 13.2. The van der Waals surface area contributed by atoms with Crippen molar-refractivity contribution in [1.29, 1.82) is 0 Å². The predicted octanol–water partition coefficient (Wildman–Crippen LogP) is 2.82. The Morgan fingerprint density at radius 2 is 2.00 bits per heavy atom. The maximum atomic E-state index is 13.8. The van der Waals surface area contributed by atoms with E-state index < -0.39 is 23.7 Å². The highest BCUT2D eigenvalue weighted by molar-refractivity contribution is 7.99. The van der Waals surface area contributed by atoms with Gasteiger partial charge in [0.05, 0.1) is 23.4 Å². The summed E-state index contributed by atoms with van der Waals surface area (Å²) in [5.41, 5.74) is 7.13. The van der Waals surface area contributed by atoms with Gasteiger partial charge in [0.15, 0.2) is 10.2 Å². The largest absolute Gasteiger partial charge is 0.481 e. The average Bonchev–Trinajstić information content (AvgIpc) is 3.30. The first-order chi connectivity index (χ1) is 20.3. The summed E-state index contributed by atoms with van der Waals surface area (Å²) in [4.78, 5) is 49.6. The van der Waals surface area contributed by atoms with Gasteiger partial charge in [0.2, 0.25) is 5.91 Å². The summed E-state index contributed by atoms with van der Waals surface area (Å²) in [6.45, 7) is 11.1. The molecule has 4 fully saturated rings. The van der Waals surface area contributed by atoms with Crippen LogP contribution in [0.4, 0.5) is 0 Å². The number of hydrazine groups is 1. The standard InChI is InChI=1S/C28H44BN7O6S/c1-17(2)12-23(29-41-22-15-19-14-21(27(19,3)4)28(22,5)42-29)34-24(38)18(8-6-9-31-25(30)35-36(39)40)13-20(37)16-43-26-32-10-7-11-33-26/h7,10-11,17-19,21-23H,6,8-9,12-16H2,1-5H3,(H,34,38)(H3,30,31,35)/t18-,19-,21-,22-,23+,28+/m1/s1. The normalized spacial score (nSPS) is 27.2. The van der Waals surface area contributed by atoms with Crippen LogP contribution < -0.4 is 16.5 Å². The number of Topliss-reactive ketones (excluding diaryl/α,β-unsaturated/α-hetero) is 1. The highest BCUT2D eigenvalue weighted by Crippen LogP contribution is 2.65. The molecule has 43 heavy (non-hydrogen) atoms. The van der Waals surface area contributed by atoms with Crippen molar-refractivity contribution in [2.45, 2.75) is 95.9 Å². The quantitative estimate of drug-likeness (QED) is 0.0384. The number of hydrogen-bond acceptors (Lipinski definition) is 10. The molecule has 1 amide bonds. The average molecular weight is 618 g/mol. The number of nitrogens with one attached hydrogen (secondary N) is 2.